The van der Waals surface area contributed by atoms with Gasteiger partial charge in [-0.25, -0.2) is 9.69 Å². The van der Waals surface area contributed by atoms with E-state index in [1.165, 1.54) is 12.1 Å². The topological polar surface area (TPSA) is 103 Å². The molecule has 1 aromatic heterocycles. The van der Waals surface area contributed by atoms with Gasteiger partial charge in [0.1, 0.15) is 5.69 Å². The number of nitrogens with one attached hydrogen (secondary N) is 2. The standard InChI is InChI=1S/C12H7N3O4.C2H6/c16-9-8(5-13-12(19)14-9)15-10(17)6-3-1-2-4-7(6)11(15)18;1-2/h1-5H,(H2,13,14,16,19);1-2H3. The number of carbonyl (C=O) groups is 2. The Morgan fingerprint density at radius 3 is 1.90 bits per heavy atom. The number of anilines is 1. The maximum atomic E-state index is 12.1. The molecule has 1 aliphatic heterocycles. The van der Waals surface area contributed by atoms with E-state index in [0.29, 0.717) is 0 Å². The molecule has 0 bridgehead atoms. The molecule has 1 aromatic carbocycles. The molecule has 0 unspecified atom stereocenters. The number of aromatic nitrogens is 2. The maximum absolute atomic E-state index is 12.1. The van der Waals surface area contributed by atoms with Crippen molar-refractivity contribution in [2.45, 2.75) is 13.8 Å². The van der Waals surface area contributed by atoms with E-state index in [2.05, 4.69) is 4.98 Å². The number of imide groups is 1. The minimum absolute atomic E-state index is 0.203. The van der Waals surface area contributed by atoms with Gasteiger partial charge in [0.05, 0.1) is 11.1 Å². The molecule has 0 saturated heterocycles. The van der Waals surface area contributed by atoms with Crippen LogP contribution < -0.4 is 16.1 Å². The van der Waals surface area contributed by atoms with Crippen molar-refractivity contribution in [3.05, 3.63) is 62.4 Å². The van der Waals surface area contributed by atoms with Crippen molar-refractivity contribution in [2.24, 2.45) is 0 Å². The lowest BCUT2D eigenvalue weighted by molar-refractivity contribution is 0.0925. The Bertz CT molecular complexity index is 784. The van der Waals surface area contributed by atoms with Gasteiger partial charge in [-0.05, 0) is 12.1 Å². The van der Waals surface area contributed by atoms with Crippen molar-refractivity contribution in [1.82, 2.24) is 9.97 Å². The molecule has 108 valence electrons. The van der Waals surface area contributed by atoms with Crippen LogP contribution in [-0.4, -0.2) is 21.8 Å². The predicted octanol–water partition coefficient (Wildman–Crippen LogP) is 0.890. The van der Waals surface area contributed by atoms with Gasteiger partial charge in [-0.15, -0.1) is 0 Å². The molecular formula is C14H13N3O4. The molecule has 0 spiro atoms. The fourth-order valence-corrected chi connectivity index (χ4v) is 1.98. The fraction of sp³-hybridized carbons (Fsp3) is 0.143. The van der Waals surface area contributed by atoms with Crippen molar-refractivity contribution >= 4 is 17.5 Å². The van der Waals surface area contributed by atoms with E-state index in [-0.39, 0.29) is 16.8 Å². The van der Waals surface area contributed by atoms with Gasteiger partial charge in [0, 0.05) is 6.20 Å². The summed E-state index contributed by atoms with van der Waals surface area (Å²) in [6.45, 7) is 4.00. The largest absolute Gasteiger partial charge is 0.325 e. The minimum Gasteiger partial charge on any atom is -0.312 e. The molecular weight excluding hydrogens is 274 g/mol. The first kappa shape index (κ1) is 14.4. The number of nitrogens with zero attached hydrogens (tertiary/aromatic N) is 1. The molecule has 0 atom stereocenters. The number of H-pyrrole nitrogens is 2. The van der Waals surface area contributed by atoms with Gasteiger partial charge >= 0.3 is 5.69 Å². The summed E-state index contributed by atoms with van der Waals surface area (Å²) in [6.07, 6.45) is 1.04. The van der Waals surface area contributed by atoms with E-state index in [0.717, 1.165) is 11.1 Å². The highest BCUT2D eigenvalue weighted by Crippen LogP contribution is 2.25. The van der Waals surface area contributed by atoms with Crippen molar-refractivity contribution in [3.63, 3.8) is 0 Å². The number of hydrogen-bond acceptors (Lipinski definition) is 4. The average molecular weight is 287 g/mol. The molecule has 7 heteroatoms. The van der Waals surface area contributed by atoms with Crippen LogP contribution in [0.4, 0.5) is 5.69 Å². The normalized spacial score (nSPS) is 12.8. The van der Waals surface area contributed by atoms with Crippen molar-refractivity contribution < 1.29 is 9.59 Å². The molecule has 0 saturated carbocycles. The number of amides is 2. The molecule has 21 heavy (non-hydrogen) atoms. The summed E-state index contributed by atoms with van der Waals surface area (Å²) in [5, 5.41) is 0. The molecule has 1 aliphatic rings. The molecule has 2 aromatic rings. The summed E-state index contributed by atoms with van der Waals surface area (Å²) in [4.78, 5) is 51.7. The van der Waals surface area contributed by atoms with Crippen LogP contribution in [0.25, 0.3) is 0 Å². The van der Waals surface area contributed by atoms with Crippen molar-refractivity contribution in [2.75, 3.05) is 4.90 Å². The lowest BCUT2D eigenvalue weighted by atomic mass is 10.1. The summed E-state index contributed by atoms with van der Waals surface area (Å²) in [6, 6.07) is 6.28. The summed E-state index contributed by atoms with van der Waals surface area (Å²) in [5.74, 6) is -1.17. The summed E-state index contributed by atoms with van der Waals surface area (Å²) < 4.78 is 0. The summed E-state index contributed by atoms with van der Waals surface area (Å²) in [7, 11) is 0. The molecule has 0 fully saturated rings. The van der Waals surface area contributed by atoms with E-state index in [1.807, 2.05) is 18.8 Å². The van der Waals surface area contributed by atoms with E-state index in [9.17, 15) is 19.2 Å². The van der Waals surface area contributed by atoms with E-state index in [4.69, 9.17) is 0 Å². The zero-order chi connectivity index (χ0) is 15.6. The second-order valence-electron chi connectivity index (χ2n) is 3.95. The Labute approximate surface area is 119 Å². The number of hydrogen-bond donors (Lipinski definition) is 2. The van der Waals surface area contributed by atoms with E-state index >= 15 is 0 Å². The first-order valence-corrected chi connectivity index (χ1v) is 6.39. The van der Waals surface area contributed by atoms with Crippen LogP contribution in [0.15, 0.2) is 40.1 Å². The van der Waals surface area contributed by atoms with Gasteiger partial charge < -0.3 is 4.98 Å². The monoisotopic (exact) mass is 287 g/mol. The lowest BCUT2D eigenvalue weighted by Crippen LogP contribution is -2.36. The molecule has 2 amide bonds. The highest BCUT2D eigenvalue weighted by molar-refractivity contribution is 6.34. The van der Waals surface area contributed by atoms with Crippen LogP contribution in [0.1, 0.15) is 34.6 Å². The first-order valence-electron chi connectivity index (χ1n) is 6.39. The summed E-state index contributed by atoms with van der Waals surface area (Å²) in [5.41, 5.74) is -1.23. The molecule has 3 rings (SSSR count). The maximum Gasteiger partial charge on any atom is 0.325 e. The predicted molar refractivity (Wildman–Crippen MR) is 76.6 cm³/mol. The lowest BCUT2D eigenvalue weighted by Gasteiger charge is -2.11. The van der Waals surface area contributed by atoms with Crippen LogP contribution in [0, 0.1) is 0 Å². The highest BCUT2D eigenvalue weighted by atomic mass is 16.2. The first-order chi connectivity index (χ1) is 10.1. The summed E-state index contributed by atoms with van der Waals surface area (Å²) >= 11 is 0. The van der Waals surface area contributed by atoms with Gasteiger partial charge in [0.15, 0.2) is 0 Å². The minimum atomic E-state index is -0.793. The zero-order valence-electron chi connectivity index (χ0n) is 11.5. The fourth-order valence-electron chi connectivity index (χ4n) is 1.98. The van der Waals surface area contributed by atoms with E-state index < -0.39 is 23.1 Å². The van der Waals surface area contributed by atoms with Crippen LogP contribution in [0.3, 0.4) is 0 Å². The number of benzene rings is 1. The number of rotatable bonds is 1. The van der Waals surface area contributed by atoms with Gasteiger partial charge in [-0.1, -0.05) is 26.0 Å². The number of aromatic amines is 2. The van der Waals surface area contributed by atoms with Crippen LogP contribution in [0.2, 0.25) is 0 Å². The third kappa shape index (κ3) is 2.29. The van der Waals surface area contributed by atoms with Crippen molar-refractivity contribution in [1.29, 1.82) is 0 Å². The Hall–Kier alpha value is -2.96. The van der Waals surface area contributed by atoms with Crippen LogP contribution in [0.5, 0.6) is 0 Å². The Kier molecular flexibility index (Phi) is 3.84. The molecule has 2 N–H and O–H groups in total. The zero-order valence-corrected chi connectivity index (χ0v) is 11.5. The SMILES string of the molecule is CC.O=C1c2ccccc2C(=O)N1c1c[nH]c(=O)[nH]c1=O. The third-order valence-corrected chi connectivity index (χ3v) is 2.83. The van der Waals surface area contributed by atoms with Gasteiger partial charge in [0.2, 0.25) is 0 Å². The van der Waals surface area contributed by atoms with Crippen molar-refractivity contribution in [3.8, 4) is 0 Å². The second kappa shape index (κ2) is 5.58. The quantitative estimate of drug-likeness (QED) is 0.760. The highest BCUT2D eigenvalue weighted by Gasteiger charge is 2.37. The molecule has 0 aliphatic carbocycles. The number of carbonyl (C=O) groups excluding carboxylic acids is 2. The average Bonchev–Trinajstić information content (AvgIpc) is 2.75. The Balaban J connectivity index is 0.000000774. The number of fused-ring (bicyclic) bond motifs is 1. The smallest absolute Gasteiger partial charge is 0.312 e. The molecule has 0 radical (unpaired) electrons. The second-order valence-corrected chi connectivity index (χ2v) is 3.95. The third-order valence-electron chi connectivity index (χ3n) is 2.83. The Morgan fingerprint density at radius 1 is 0.905 bits per heavy atom. The van der Waals surface area contributed by atoms with Gasteiger partial charge in [-0.2, -0.15) is 0 Å². The van der Waals surface area contributed by atoms with Crippen LogP contribution in [-0.2, 0) is 0 Å². The van der Waals surface area contributed by atoms with Gasteiger partial charge in [-0.3, -0.25) is 19.4 Å². The van der Waals surface area contributed by atoms with Gasteiger partial charge in [0.25, 0.3) is 17.4 Å². The van der Waals surface area contributed by atoms with Crippen LogP contribution >= 0.6 is 0 Å². The van der Waals surface area contributed by atoms with E-state index in [1.54, 1.807) is 12.1 Å². The Morgan fingerprint density at radius 2 is 1.43 bits per heavy atom. The molecule has 2 heterocycles. The molecule has 7 nitrogen and oxygen atoms in total.